The first-order chi connectivity index (χ1) is 18.5. The van der Waals surface area contributed by atoms with Crippen molar-refractivity contribution < 1.29 is 9.18 Å². The third kappa shape index (κ3) is 4.23. The molecule has 3 N–H and O–H groups in total. The largest absolute Gasteiger partial charge is 0.335 e. The molecule has 0 spiro atoms. The molecule has 10 nitrogen and oxygen atoms in total. The molecule has 188 valence electrons. The predicted molar refractivity (Wildman–Crippen MR) is 141 cm³/mol. The number of fused-ring (bicyclic) bond motifs is 2. The van der Waals surface area contributed by atoms with E-state index < -0.39 is 5.82 Å². The molecule has 0 saturated carbocycles. The van der Waals surface area contributed by atoms with Gasteiger partial charge >= 0.3 is 0 Å². The van der Waals surface area contributed by atoms with Crippen LogP contribution in [0.25, 0.3) is 55.8 Å². The molecule has 6 aromatic rings. The number of hydrogen-bond donors (Lipinski definition) is 3. The molecule has 0 bridgehead atoms. The van der Waals surface area contributed by atoms with Crippen LogP contribution >= 0.6 is 0 Å². The van der Waals surface area contributed by atoms with Crippen molar-refractivity contribution >= 4 is 33.5 Å². The third-order valence-electron chi connectivity index (χ3n) is 6.04. The van der Waals surface area contributed by atoms with Crippen LogP contribution in [0.2, 0.25) is 0 Å². The van der Waals surface area contributed by atoms with Gasteiger partial charge in [-0.05, 0) is 29.7 Å². The van der Waals surface area contributed by atoms with Crippen LogP contribution in [0.5, 0.6) is 0 Å². The summed E-state index contributed by atoms with van der Waals surface area (Å²) in [5.41, 5.74) is 4.81. The monoisotopic (exact) mass is 507 g/mol. The normalized spacial score (nSPS) is 11.5. The van der Waals surface area contributed by atoms with Crippen molar-refractivity contribution in [2.45, 2.75) is 20.3 Å². The number of carbonyl (C=O) groups is 1. The second-order valence-electron chi connectivity index (χ2n) is 9.29. The molecular formula is C27H22FN9O. The van der Waals surface area contributed by atoms with Crippen molar-refractivity contribution in [2.24, 2.45) is 5.92 Å². The van der Waals surface area contributed by atoms with Gasteiger partial charge in [-0.2, -0.15) is 5.10 Å². The highest BCUT2D eigenvalue weighted by Crippen LogP contribution is 2.34. The minimum Gasteiger partial charge on any atom is -0.335 e. The summed E-state index contributed by atoms with van der Waals surface area (Å²) in [4.78, 5) is 37.0. The Kier molecular flexibility index (Phi) is 5.79. The zero-order valence-electron chi connectivity index (χ0n) is 20.5. The summed E-state index contributed by atoms with van der Waals surface area (Å²) in [6.07, 6.45) is 11.7. The van der Waals surface area contributed by atoms with Crippen molar-refractivity contribution in [1.82, 2.24) is 40.1 Å². The minimum absolute atomic E-state index is 0.0860. The van der Waals surface area contributed by atoms with Crippen molar-refractivity contribution in [2.75, 3.05) is 5.32 Å². The van der Waals surface area contributed by atoms with E-state index in [1.54, 1.807) is 30.9 Å². The van der Waals surface area contributed by atoms with E-state index in [2.05, 4.69) is 40.4 Å². The maximum atomic E-state index is 16.0. The first-order valence-electron chi connectivity index (χ1n) is 12.0. The van der Waals surface area contributed by atoms with E-state index in [0.29, 0.717) is 45.7 Å². The maximum Gasteiger partial charge on any atom is 0.224 e. The summed E-state index contributed by atoms with van der Waals surface area (Å²) < 4.78 is 16.0. The number of carbonyl (C=O) groups excluding carboxylic acids is 1. The molecule has 0 aromatic carbocycles. The number of anilines is 1. The van der Waals surface area contributed by atoms with Crippen LogP contribution in [-0.4, -0.2) is 46.0 Å². The smallest absolute Gasteiger partial charge is 0.224 e. The molecule has 0 aliphatic rings. The Labute approximate surface area is 215 Å². The summed E-state index contributed by atoms with van der Waals surface area (Å²) in [6.45, 7) is 3.92. The van der Waals surface area contributed by atoms with E-state index in [-0.39, 0.29) is 22.9 Å². The van der Waals surface area contributed by atoms with Gasteiger partial charge in [0, 0.05) is 42.3 Å². The molecule has 38 heavy (non-hydrogen) atoms. The number of hydrogen-bond acceptors (Lipinski definition) is 7. The number of H-pyrrole nitrogens is 2. The zero-order valence-corrected chi connectivity index (χ0v) is 20.5. The molecule has 0 fully saturated rings. The predicted octanol–water partition coefficient (Wildman–Crippen LogP) is 5.14. The van der Waals surface area contributed by atoms with Crippen LogP contribution in [0.3, 0.4) is 0 Å². The molecule has 0 aliphatic heterocycles. The Morgan fingerprint density at radius 2 is 1.79 bits per heavy atom. The highest BCUT2D eigenvalue weighted by Gasteiger charge is 2.21. The summed E-state index contributed by atoms with van der Waals surface area (Å²) >= 11 is 0. The van der Waals surface area contributed by atoms with Gasteiger partial charge in [-0.1, -0.05) is 13.8 Å². The third-order valence-corrected chi connectivity index (χ3v) is 6.04. The van der Waals surface area contributed by atoms with Crippen molar-refractivity contribution in [3.05, 3.63) is 67.4 Å². The van der Waals surface area contributed by atoms with E-state index in [0.717, 1.165) is 11.1 Å². The van der Waals surface area contributed by atoms with Crippen LogP contribution < -0.4 is 5.32 Å². The lowest BCUT2D eigenvalue weighted by Gasteiger charge is -2.09. The summed E-state index contributed by atoms with van der Waals surface area (Å²) in [6, 6.07) is 5.40. The van der Waals surface area contributed by atoms with Crippen LogP contribution in [0.1, 0.15) is 20.3 Å². The van der Waals surface area contributed by atoms with Gasteiger partial charge in [-0.25, -0.2) is 9.37 Å². The number of nitrogens with one attached hydrogen (secondary N) is 3. The number of aromatic nitrogens is 8. The molecule has 0 unspecified atom stereocenters. The highest BCUT2D eigenvalue weighted by molar-refractivity contribution is 5.98. The van der Waals surface area contributed by atoms with Gasteiger partial charge in [0.05, 0.1) is 46.2 Å². The van der Waals surface area contributed by atoms with Gasteiger partial charge in [0.1, 0.15) is 11.4 Å². The lowest BCUT2D eigenvalue weighted by molar-refractivity contribution is -0.116. The lowest BCUT2D eigenvalue weighted by Crippen LogP contribution is -2.14. The summed E-state index contributed by atoms with van der Waals surface area (Å²) in [5, 5.41) is 10.2. The number of pyridine rings is 4. The molecule has 0 radical (unpaired) electrons. The van der Waals surface area contributed by atoms with Crippen LogP contribution in [0, 0.1) is 11.7 Å². The SMILES string of the molecule is CC(C)CC(=O)Nc1cncc(-c2ncc3[nH]nc(-c4nc5c(-c6ccncc6)cncc5[nH]4)c3c2F)c1. The Morgan fingerprint density at radius 3 is 2.61 bits per heavy atom. The van der Waals surface area contributed by atoms with Crippen molar-refractivity contribution in [1.29, 1.82) is 0 Å². The average molecular weight is 508 g/mol. The number of aromatic amines is 2. The van der Waals surface area contributed by atoms with Gasteiger partial charge in [-0.15, -0.1) is 0 Å². The van der Waals surface area contributed by atoms with Crippen molar-refractivity contribution in [3.8, 4) is 33.9 Å². The number of amides is 1. The standard InChI is InChI=1S/C27H22FN9O/c1-14(2)7-21(38)33-17-8-16(9-30-10-17)24-23(28)22-19(13-32-24)36-37-26(22)27-34-20-12-31-11-18(25(20)35-27)15-3-5-29-6-4-15/h3-6,8-14H,7H2,1-2H3,(H,33,38)(H,34,35)(H,36,37). The van der Waals surface area contributed by atoms with Gasteiger partial charge in [-0.3, -0.25) is 29.8 Å². The lowest BCUT2D eigenvalue weighted by atomic mass is 10.1. The molecular weight excluding hydrogens is 485 g/mol. The Bertz CT molecular complexity index is 1790. The molecule has 1 amide bonds. The second-order valence-corrected chi connectivity index (χ2v) is 9.29. The summed E-state index contributed by atoms with van der Waals surface area (Å²) in [5.74, 6) is -0.113. The van der Waals surface area contributed by atoms with Gasteiger partial charge in [0.25, 0.3) is 0 Å². The first-order valence-corrected chi connectivity index (χ1v) is 12.0. The minimum atomic E-state index is -0.577. The van der Waals surface area contributed by atoms with Crippen molar-refractivity contribution in [3.63, 3.8) is 0 Å². The zero-order chi connectivity index (χ0) is 26.2. The Balaban J connectivity index is 1.42. The van der Waals surface area contributed by atoms with E-state index in [4.69, 9.17) is 4.98 Å². The molecule has 6 rings (SSSR count). The first kappa shape index (κ1) is 23.3. The Hall–Kier alpha value is -5.06. The molecule has 11 heteroatoms. The number of halogens is 1. The topological polar surface area (TPSA) is 138 Å². The van der Waals surface area contributed by atoms with Gasteiger partial charge in [0.15, 0.2) is 11.6 Å². The fourth-order valence-electron chi connectivity index (χ4n) is 4.36. The molecule has 6 heterocycles. The fourth-order valence-corrected chi connectivity index (χ4v) is 4.36. The average Bonchev–Trinajstić information content (AvgIpc) is 3.54. The maximum absolute atomic E-state index is 16.0. The number of rotatable bonds is 6. The fraction of sp³-hybridized carbons (Fsp3) is 0.148. The number of imidazole rings is 1. The van der Waals surface area contributed by atoms with E-state index >= 15 is 4.39 Å². The van der Waals surface area contributed by atoms with E-state index in [1.807, 2.05) is 26.0 Å². The van der Waals surface area contributed by atoms with Gasteiger partial charge < -0.3 is 10.3 Å². The van der Waals surface area contributed by atoms with Gasteiger partial charge in [0.2, 0.25) is 5.91 Å². The summed E-state index contributed by atoms with van der Waals surface area (Å²) in [7, 11) is 0. The van der Waals surface area contributed by atoms with Crippen LogP contribution in [0.4, 0.5) is 10.1 Å². The second kappa shape index (κ2) is 9.43. The molecule has 6 aromatic heterocycles. The molecule has 0 saturated heterocycles. The van der Waals surface area contributed by atoms with E-state index in [1.165, 1.54) is 18.6 Å². The quantitative estimate of drug-likeness (QED) is 0.284. The van der Waals surface area contributed by atoms with Crippen LogP contribution in [0.15, 0.2) is 61.6 Å². The molecule has 0 aliphatic carbocycles. The van der Waals surface area contributed by atoms with E-state index in [9.17, 15) is 4.79 Å². The highest BCUT2D eigenvalue weighted by atomic mass is 19.1. The molecule has 0 atom stereocenters. The Morgan fingerprint density at radius 1 is 0.974 bits per heavy atom. The number of nitrogens with zero attached hydrogens (tertiary/aromatic N) is 6. The van der Waals surface area contributed by atoms with Crippen LogP contribution in [-0.2, 0) is 4.79 Å².